The van der Waals surface area contributed by atoms with Crippen molar-refractivity contribution in [3.8, 4) is 6.07 Å². The van der Waals surface area contributed by atoms with E-state index < -0.39 is 11.8 Å². The van der Waals surface area contributed by atoms with Crippen LogP contribution in [0, 0.1) is 25.2 Å². The van der Waals surface area contributed by atoms with Crippen LogP contribution in [0.15, 0.2) is 30.0 Å². The standard InChI is InChI=1S/C18H21N5O2/c1-4-8-23-12(2)9-14(13(23)3)10-15(11-19)17(24)21-22-18(25)16-6-5-7-20-16/h5-7,9-10,20H,4,8H2,1-3H3,(H,21,24)(H,22,25)/b15-10-. The largest absolute Gasteiger partial charge is 0.357 e. The van der Waals surface area contributed by atoms with E-state index in [9.17, 15) is 14.9 Å². The Bertz CT molecular complexity index is 838. The van der Waals surface area contributed by atoms with Gasteiger partial charge < -0.3 is 9.55 Å². The fraction of sp³-hybridized carbons (Fsp3) is 0.278. The lowest BCUT2D eigenvalue weighted by molar-refractivity contribution is -0.117. The van der Waals surface area contributed by atoms with Crippen LogP contribution in [0.25, 0.3) is 6.08 Å². The molecule has 0 fully saturated rings. The average molecular weight is 339 g/mol. The smallest absolute Gasteiger partial charge is 0.286 e. The molecule has 0 unspecified atom stereocenters. The minimum Gasteiger partial charge on any atom is -0.357 e. The monoisotopic (exact) mass is 339 g/mol. The molecule has 3 N–H and O–H groups in total. The van der Waals surface area contributed by atoms with Crippen LogP contribution >= 0.6 is 0 Å². The third-order valence-electron chi connectivity index (χ3n) is 3.86. The second-order valence-electron chi connectivity index (χ2n) is 5.64. The van der Waals surface area contributed by atoms with Gasteiger partial charge >= 0.3 is 0 Å². The fourth-order valence-electron chi connectivity index (χ4n) is 2.57. The van der Waals surface area contributed by atoms with Crippen molar-refractivity contribution in [2.75, 3.05) is 0 Å². The Labute approximate surface area is 146 Å². The van der Waals surface area contributed by atoms with Crippen molar-refractivity contribution in [3.05, 3.63) is 52.6 Å². The molecule has 130 valence electrons. The Hall–Kier alpha value is -3.27. The molecule has 0 atom stereocenters. The molecule has 2 heterocycles. The number of nitrogens with one attached hydrogen (secondary N) is 3. The van der Waals surface area contributed by atoms with E-state index >= 15 is 0 Å². The molecule has 0 aromatic carbocycles. The molecule has 7 heteroatoms. The van der Waals surface area contributed by atoms with Crippen LogP contribution in [0.4, 0.5) is 0 Å². The van der Waals surface area contributed by atoms with Crippen molar-refractivity contribution < 1.29 is 9.59 Å². The lowest BCUT2D eigenvalue weighted by atomic mass is 10.1. The summed E-state index contributed by atoms with van der Waals surface area (Å²) >= 11 is 0. The van der Waals surface area contributed by atoms with Crippen molar-refractivity contribution in [1.82, 2.24) is 20.4 Å². The van der Waals surface area contributed by atoms with E-state index in [1.165, 1.54) is 6.08 Å². The highest BCUT2D eigenvalue weighted by Crippen LogP contribution is 2.18. The van der Waals surface area contributed by atoms with E-state index in [0.29, 0.717) is 5.69 Å². The van der Waals surface area contributed by atoms with Gasteiger partial charge in [-0.15, -0.1) is 0 Å². The summed E-state index contributed by atoms with van der Waals surface area (Å²) in [6.07, 6.45) is 4.13. The maximum atomic E-state index is 12.1. The molecule has 7 nitrogen and oxygen atoms in total. The molecule has 2 amide bonds. The summed E-state index contributed by atoms with van der Waals surface area (Å²) in [6.45, 7) is 6.91. The number of aromatic nitrogens is 2. The van der Waals surface area contributed by atoms with Crippen molar-refractivity contribution >= 4 is 17.9 Å². The first-order valence-corrected chi connectivity index (χ1v) is 8.00. The van der Waals surface area contributed by atoms with Crippen molar-refractivity contribution in [2.24, 2.45) is 0 Å². The predicted molar refractivity (Wildman–Crippen MR) is 94.2 cm³/mol. The summed E-state index contributed by atoms with van der Waals surface area (Å²) in [4.78, 5) is 26.7. The van der Waals surface area contributed by atoms with E-state index in [1.54, 1.807) is 18.3 Å². The molecule has 0 bridgehead atoms. The fourth-order valence-corrected chi connectivity index (χ4v) is 2.57. The van der Waals surface area contributed by atoms with Crippen molar-refractivity contribution in [2.45, 2.75) is 33.7 Å². The van der Waals surface area contributed by atoms with Crippen LogP contribution in [0.2, 0.25) is 0 Å². The summed E-state index contributed by atoms with van der Waals surface area (Å²) < 4.78 is 2.14. The number of aryl methyl sites for hydroxylation is 1. The van der Waals surface area contributed by atoms with Crippen LogP contribution in [-0.4, -0.2) is 21.4 Å². The van der Waals surface area contributed by atoms with Gasteiger partial charge in [0.05, 0.1) is 0 Å². The number of rotatable bonds is 5. The molecule has 2 rings (SSSR count). The second kappa shape index (κ2) is 8.02. The molecule has 25 heavy (non-hydrogen) atoms. The Balaban J connectivity index is 2.12. The molecule has 2 aromatic heterocycles. The average Bonchev–Trinajstić information content (AvgIpc) is 3.22. The molecular formula is C18H21N5O2. The van der Waals surface area contributed by atoms with Gasteiger partial charge in [-0.25, -0.2) is 0 Å². The Morgan fingerprint density at radius 1 is 1.36 bits per heavy atom. The number of hydrazine groups is 1. The van der Waals surface area contributed by atoms with Crippen LogP contribution in [0.1, 0.15) is 40.8 Å². The van der Waals surface area contributed by atoms with Gasteiger partial charge in [0.25, 0.3) is 11.8 Å². The highest BCUT2D eigenvalue weighted by Gasteiger charge is 2.14. The van der Waals surface area contributed by atoms with E-state index in [1.807, 2.05) is 26.0 Å². The molecule has 0 spiro atoms. The first kappa shape index (κ1) is 18.1. The van der Waals surface area contributed by atoms with Gasteiger partial charge in [0, 0.05) is 24.1 Å². The third kappa shape index (κ3) is 4.18. The van der Waals surface area contributed by atoms with Gasteiger partial charge in [-0.05, 0) is 50.1 Å². The lowest BCUT2D eigenvalue weighted by Crippen LogP contribution is -2.42. The summed E-state index contributed by atoms with van der Waals surface area (Å²) in [7, 11) is 0. The number of carbonyl (C=O) groups excluding carboxylic acids is 2. The van der Waals surface area contributed by atoms with Crippen LogP contribution in [-0.2, 0) is 11.3 Å². The Morgan fingerprint density at radius 3 is 2.72 bits per heavy atom. The zero-order valence-corrected chi connectivity index (χ0v) is 14.5. The molecule has 0 saturated carbocycles. The number of nitrogens with zero attached hydrogens (tertiary/aromatic N) is 2. The molecule has 0 aliphatic heterocycles. The zero-order valence-electron chi connectivity index (χ0n) is 14.5. The van der Waals surface area contributed by atoms with E-state index in [4.69, 9.17) is 0 Å². The molecule has 2 aromatic rings. The van der Waals surface area contributed by atoms with E-state index in [0.717, 1.165) is 29.9 Å². The molecular weight excluding hydrogens is 318 g/mol. The molecule has 0 saturated heterocycles. The maximum Gasteiger partial charge on any atom is 0.286 e. The number of H-pyrrole nitrogens is 1. The number of amides is 2. The minimum atomic E-state index is -0.664. The highest BCUT2D eigenvalue weighted by atomic mass is 16.2. The minimum absolute atomic E-state index is 0.0801. The van der Waals surface area contributed by atoms with Crippen molar-refractivity contribution in [3.63, 3.8) is 0 Å². The summed E-state index contributed by atoms with van der Waals surface area (Å²) in [6, 6.07) is 7.06. The Kier molecular flexibility index (Phi) is 5.79. The number of hydrogen-bond donors (Lipinski definition) is 3. The summed E-state index contributed by atoms with van der Waals surface area (Å²) in [5.74, 6) is -1.15. The topological polar surface area (TPSA) is 103 Å². The molecule has 0 aliphatic rings. The number of hydrogen-bond acceptors (Lipinski definition) is 3. The van der Waals surface area contributed by atoms with Gasteiger partial charge in [-0.3, -0.25) is 20.4 Å². The highest BCUT2D eigenvalue weighted by molar-refractivity contribution is 6.03. The van der Waals surface area contributed by atoms with Gasteiger partial charge in [-0.2, -0.15) is 5.26 Å². The number of nitriles is 1. The third-order valence-corrected chi connectivity index (χ3v) is 3.86. The number of aromatic amines is 1. The van der Waals surface area contributed by atoms with Gasteiger partial charge in [0.2, 0.25) is 0 Å². The van der Waals surface area contributed by atoms with Gasteiger partial charge in [-0.1, -0.05) is 6.92 Å². The number of carbonyl (C=O) groups is 2. The van der Waals surface area contributed by atoms with Gasteiger partial charge in [0.1, 0.15) is 17.3 Å². The van der Waals surface area contributed by atoms with E-state index in [2.05, 4.69) is 27.3 Å². The van der Waals surface area contributed by atoms with E-state index in [-0.39, 0.29) is 5.57 Å². The zero-order chi connectivity index (χ0) is 18.4. The SMILES string of the molecule is CCCn1c(C)cc(/C=C(/C#N)C(=O)NNC(=O)c2ccc[nH]2)c1C. The second-order valence-corrected chi connectivity index (χ2v) is 5.64. The molecule has 0 radical (unpaired) electrons. The predicted octanol–water partition coefficient (Wildman–Crippen LogP) is 2.21. The quantitative estimate of drug-likeness (QED) is 0.442. The Morgan fingerprint density at radius 2 is 2.12 bits per heavy atom. The summed E-state index contributed by atoms with van der Waals surface area (Å²) in [5, 5.41) is 9.27. The van der Waals surface area contributed by atoms with Crippen LogP contribution < -0.4 is 10.9 Å². The summed E-state index contributed by atoms with van der Waals surface area (Å²) in [5.41, 5.74) is 7.63. The maximum absolute atomic E-state index is 12.1. The first-order chi connectivity index (χ1) is 12.0. The normalized spacial score (nSPS) is 11.0. The van der Waals surface area contributed by atoms with Crippen molar-refractivity contribution in [1.29, 1.82) is 5.26 Å². The first-order valence-electron chi connectivity index (χ1n) is 8.00. The van der Waals surface area contributed by atoms with Crippen LogP contribution in [0.5, 0.6) is 0 Å². The molecule has 0 aliphatic carbocycles. The lowest BCUT2D eigenvalue weighted by Gasteiger charge is -2.07. The van der Waals surface area contributed by atoms with Crippen LogP contribution in [0.3, 0.4) is 0 Å². The van der Waals surface area contributed by atoms with Gasteiger partial charge in [0.15, 0.2) is 0 Å².